The third-order valence-electron chi connectivity index (χ3n) is 3.54. The van der Waals surface area contributed by atoms with Crippen LogP contribution in [0.3, 0.4) is 0 Å². The highest BCUT2D eigenvalue weighted by Crippen LogP contribution is 2.25. The molecule has 0 aromatic rings. The van der Waals surface area contributed by atoms with E-state index >= 15 is 0 Å². The van der Waals surface area contributed by atoms with Gasteiger partial charge in [-0.15, -0.1) is 0 Å². The molecule has 0 bridgehead atoms. The standard InChI is InChI=1S/C13H30N2S/c1-11(2)9-13(4,10-14)15(5)12(3)7-8-16-6/h11-12H,7-10,14H2,1-6H3. The molecule has 0 heterocycles. The van der Waals surface area contributed by atoms with Gasteiger partial charge >= 0.3 is 0 Å². The van der Waals surface area contributed by atoms with Crippen molar-refractivity contribution in [1.82, 2.24) is 4.90 Å². The van der Waals surface area contributed by atoms with Gasteiger partial charge in [-0.2, -0.15) is 11.8 Å². The molecule has 0 aromatic carbocycles. The highest BCUT2D eigenvalue weighted by Gasteiger charge is 2.31. The smallest absolute Gasteiger partial charge is 0.0305 e. The van der Waals surface area contributed by atoms with Crippen molar-refractivity contribution in [3.63, 3.8) is 0 Å². The van der Waals surface area contributed by atoms with E-state index in [4.69, 9.17) is 5.73 Å². The topological polar surface area (TPSA) is 29.3 Å². The third-order valence-corrected chi connectivity index (χ3v) is 4.18. The van der Waals surface area contributed by atoms with Gasteiger partial charge in [0.05, 0.1) is 0 Å². The molecule has 2 unspecified atom stereocenters. The van der Waals surface area contributed by atoms with Crippen molar-refractivity contribution in [1.29, 1.82) is 0 Å². The lowest BCUT2D eigenvalue weighted by atomic mass is 9.88. The zero-order valence-corrected chi connectivity index (χ0v) is 12.7. The van der Waals surface area contributed by atoms with E-state index in [1.807, 2.05) is 11.8 Å². The van der Waals surface area contributed by atoms with E-state index in [1.54, 1.807) is 0 Å². The van der Waals surface area contributed by atoms with Crippen LogP contribution in [0.25, 0.3) is 0 Å². The molecule has 2 nitrogen and oxygen atoms in total. The van der Waals surface area contributed by atoms with E-state index in [-0.39, 0.29) is 5.54 Å². The van der Waals surface area contributed by atoms with E-state index in [1.165, 1.54) is 18.6 Å². The van der Waals surface area contributed by atoms with Crippen molar-refractivity contribution < 1.29 is 0 Å². The lowest BCUT2D eigenvalue weighted by Crippen LogP contribution is -2.54. The van der Waals surface area contributed by atoms with Crippen molar-refractivity contribution in [2.75, 3.05) is 25.6 Å². The summed E-state index contributed by atoms with van der Waals surface area (Å²) < 4.78 is 0. The van der Waals surface area contributed by atoms with Gasteiger partial charge < -0.3 is 5.73 Å². The first-order valence-corrected chi connectivity index (χ1v) is 7.68. The summed E-state index contributed by atoms with van der Waals surface area (Å²) in [5.74, 6) is 1.93. The average Bonchev–Trinajstić information content (AvgIpc) is 2.23. The van der Waals surface area contributed by atoms with E-state index in [0.717, 1.165) is 6.54 Å². The minimum Gasteiger partial charge on any atom is -0.329 e. The summed E-state index contributed by atoms with van der Waals surface area (Å²) in [6, 6.07) is 0.611. The van der Waals surface area contributed by atoms with E-state index < -0.39 is 0 Å². The predicted octanol–water partition coefficient (Wildman–Crippen LogP) is 2.82. The molecule has 0 spiro atoms. The Hall–Kier alpha value is 0.270. The van der Waals surface area contributed by atoms with Gasteiger partial charge in [0.25, 0.3) is 0 Å². The van der Waals surface area contributed by atoms with Gasteiger partial charge in [0.2, 0.25) is 0 Å². The summed E-state index contributed by atoms with van der Waals surface area (Å²) in [4.78, 5) is 2.48. The quantitative estimate of drug-likeness (QED) is 0.714. The van der Waals surface area contributed by atoms with Crippen LogP contribution in [0.15, 0.2) is 0 Å². The number of nitrogens with two attached hydrogens (primary N) is 1. The Bertz CT molecular complexity index is 185. The number of nitrogens with zero attached hydrogens (tertiary/aromatic N) is 1. The molecule has 0 aliphatic carbocycles. The fraction of sp³-hybridized carbons (Fsp3) is 1.00. The second kappa shape index (κ2) is 7.57. The fourth-order valence-electron chi connectivity index (χ4n) is 2.26. The van der Waals surface area contributed by atoms with Crippen molar-refractivity contribution in [2.45, 2.75) is 52.1 Å². The maximum Gasteiger partial charge on any atom is 0.0305 e. The van der Waals surface area contributed by atoms with Crippen LogP contribution in [0.1, 0.15) is 40.5 Å². The van der Waals surface area contributed by atoms with E-state index in [0.29, 0.717) is 12.0 Å². The van der Waals surface area contributed by atoms with Crippen molar-refractivity contribution in [3.05, 3.63) is 0 Å². The minimum atomic E-state index is 0.145. The SMILES string of the molecule is CSCCC(C)N(C)C(C)(CN)CC(C)C. The Morgan fingerprint density at radius 3 is 2.25 bits per heavy atom. The Kier molecular flexibility index (Phi) is 7.70. The van der Waals surface area contributed by atoms with Crippen LogP contribution in [0.5, 0.6) is 0 Å². The van der Waals surface area contributed by atoms with Crippen molar-refractivity contribution >= 4 is 11.8 Å². The monoisotopic (exact) mass is 246 g/mol. The van der Waals surface area contributed by atoms with Crippen LogP contribution in [-0.2, 0) is 0 Å². The van der Waals surface area contributed by atoms with Crippen LogP contribution in [0.4, 0.5) is 0 Å². The Morgan fingerprint density at radius 1 is 1.31 bits per heavy atom. The van der Waals surface area contributed by atoms with Gasteiger partial charge in [-0.05, 0) is 51.7 Å². The second-order valence-electron chi connectivity index (χ2n) is 5.54. The first-order valence-electron chi connectivity index (χ1n) is 6.29. The zero-order valence-electron chi connectivity index (χ0n) is 11.9. The van der Waals surface area contributed by atoms with Crippen LogP contribution < -0.4 is 5.73 Å². The number of hydrogen-bond acceptors (Lipinski definition) is 3. The summed E-state index contributed by atoms with van der Waals surface area (Å²) in [7, 11) is 2.22. The van der Waals surface area contributed by atoms with E-state index in [2.05, 4.69) is 45.9 Å². The van der Waals surface area contributed by atoms with Crippen LogP contribution in [0.2, 0.25) is 0 Å². The number of thioether (sulfide) groups is 1. The normalized spacial score (nSPS) is 17.8. The van der Waals surface area contributed by atoms with Gasteiger partial charge in [-0.25, -0.2) is 0 Å². The maximum atomic E-state index is 5.98. The molecule has 98 valence electrons. The molecule has 0 aromatic heterocycles. The fourth-order valence-corrected chi connectivity index (χ4v) is 2.84. The average molecular weight is 246 g/mol. The second-order valence-corrected chi connectivity index (χ2v) is 6.53. The molecule has 0 rings (SSSR count). The molecule has 0 aliphatic heterocycles. The zero-order chi connectivity index (χ0) is 12.8. The molecule has 16 heavy (non-hydrogen) atoms. The molecule has 0 radical (unpaired) electrons. The minimum absolute atomic E-state index is 0.145. The lowest BCUT2D eigenvalue weighted by Gasteiger charge is -2.43. The molecule has 3 heteroatoms. The van der Waals surface area contributed by atoms with Gasteiger partial charge in [-0.3, -0.25) is 4.90 Å². The predicted molar refractivity (Wildman–Crippen MR) is 77.1 cm³/mol. The molecule has 2 atom stereocenters. The summed E-state index contributed by atoms with van der Waals surface area (Å²) in [5, 5.41) is 0. The number of likely N-dealkylation sites (N-methyl/N-ethyl adjacent to an activating group) is 1. The number of hydrogen-bond donors (Lipinski definition) is 1. The highest BCUT2D eigenvalue weighted by molar-refractivity contribution is 7.98. The molecule has 0 fully saturated rings. The van der Waals surface area contributed by atoms with Crippen molar-refractivity contribution in [2.24, 2.45) is 11.7 Å². The Balaban J connectivity index is 4.42. The summed E-state index contributed by atoms with van der Waals surface area (Å²) >= 11 is 1.92. The Labute approximate surface area is 106 Å². The van der Waals surface area contributed by atoms with Gasteiger partial charge in [0.1, 0.15) is 0 Å². The Morgan fingerprint density at radius 2 is 1.88 bits per heavy atom. The molecule has 2 N–H and O–H groups in total. The molecular weight excluding hydrogens is 216 g/mol. The lowest BCUT2D eigenvalue weighted by molar-refractivity contribution is 0.0790. The van der Waals surface area contributed by atoms with Gasteiger partial charge in [-0.1, -0.05) is 13.8 Å². The molecule has 0 saturated heterocycles. The summed E-state index contributed by atoms with van der Waals surface area (Å²) in [6.45, 7) is 9.89. The van der Waals surface area contributed by atoms with Crippen LogP contribution in [0, 0.1) is 5.92 Å². The van der Waals surface area contributed by atoms with Crippen LogP contribution in [-0.4, -0.2) is 42.1 Å². The summed E-state index contributed by atoms with van der Waals surface area (Å²) in [5.41, 5.74) is 6.12. The van der Waals surface area contributed by atoms with Gasteiger partial charge in [0.15, 0.2) is 0 Å². The third kappa shape index (κ3) is 5.07. The molecule has 0 saturated carbocycles. The highest BCUT2D eigenvalue weighted by atomic mass is 32.2. The first kappa shape index (κ1) is 16.3. The van der Waals surface area contributed by atoms with Crippen LogP contribution >= 0.6 is 11.8 Å². The first-order chi connectivity index (χ1) is 7.37. The molecule has 0 aliphatic rings. The largest absolute Gasteiger partial charge is 0.329 e. The summed E-state index contributed by atoms with van der Waals surface area (Å²) in [6.07, 6.45) is 4.58. The number of rotatable bonds is 8. The molecule has 0 amide bonds. The van der Waals surface area contributed by atoms with E-state index in [9.17, 15) is 0 Å². The maximum absolute atomic E-state index is 5.98. The molecular formula is C13H30N2S. The van der Waals surface area contributed by atoms with Crippen molar-refractivity contribution in [3.8, 4) is 0 Å². The van der Waals surface area contributed by atoms with Gasteiger partial charge in [0, 0.05) is 18.1 Å².